The molecule has 29 heavy (non-hydrogen) atoms. The number of allylic oxidation sites excluding steroid dienone is 1. The van der Waals surface area contributed by atoms with E-state index in [2.05, 4.69) is 29.4 Å². The molecule has 6 heteroatoms. The SMILES string of the molecule is CCN(CC)c1ccc([C@H]2NC(=O)NC(C)=C2C(=O)OCc2ccccc2)cc1. The predicted octanol–water partition coefficient (Wildman–Crippen LogP) is 3.90. The zero-order valence-electron chi connectivity index (χ0n) is 17.1. The largest absolute Gasteiger partial charge is 0.457 e. The molecule has 1 heterocycles. The number of amides is 2. The summed E-state index contributed by atoms with van der Waals surface area (Å²) < 4.78 is 5.53. The van der Waals surface area contributed by atoms with Crippen LogP contribution in [0.15, 0.2) is 65.9 Å². The Hall–Kier alpha value is -3.28. The Morgan fingerprint density at radius 2 is 1.69 bits per heavy atom. The van der Waals surface area contributed by atoms with E-state index in [0.717, 1.165) is 29.9 Å². The maximum atomic E-state index is 12.9. The van der Waals surface area contributed by atoms with Crippen molar-refractivity contribution in [3.63, 3.8) is 0 Å². The summed E-state index contributed by atoms with van der Waals surface area (Å²) in [6.07, 6.45) is 0. The van der Waals surface area contributed by atoms with Crippen molar-refractivity contribution in [3.8, 4) is 0 Å². The van der Waals surface area contributed by atoms with Gasteiger partial charge in [-0.15, -0.1) is 0 Å². The summed E-state index contributed by atoms with van der Waals surface area (Å²) in [6, 6.07) is 16.5. The summed E-state index contributed by atoms with van der Waals surface area (Å²) in [5.41, 5.74) is 3.77. The quantitative estimate of drug-likeness (QED) is 0.700. The molecule has 0 saturated heterocycles. The molecule has 2 N–H and O–H groups in total. The molecule has 0 spiro atoms. The third kappa shape index (κ3) is 4.77. The van der Waals surface area contributed by atoms with Gasteiger partial charge in [0.1, 0.15) is 6.61 Å². The molecular weight excluding hydrogens is 366 g/mol. The number of nitrogens with zero attached hydrogens (tertiary/aromatic N) is 1. The molecule has 0 bridgehead atoms. The molecule has 2 aromatic carbocycles. The second kappa shape index (κ2) is 9.28. The fourth-order valence-corrected chi connectivity index (χ4v) is 3.48. The third-order valence-electron chi connectivity index (χ3n) is 5.06. The molecule has 2 aromatic rings. The lowest BCUT2D eigenvalue weighted by Gasteiger charge is -2.29. The maximum absolute atomic E-state index is 12.9. The smallest absolute Gasteiger partial charge is 0.338 e. The highest BCUT2D eigenvalue weighted by Gasteiger charge is 2.32. The van der Waals surface area contributed by atoms with Crippen LogP contribution in [0.1, 0.15) is 37.9 Å². The van der Waals surface area contributed by atoms with E-state index >= 15 is 0 Å². The van der Waals surface area contributed by atoms with Gasteiger partial charge in [0, 0.05) is 24.5 Å². The van der Waals surface area contributed by atoms with Crippen LogP contribution in [0.5, 0.6) is 0 Å². The average molecular weight is 393 g/mol. The first kappa shape index (κ1) is 20.5. The Balaban J connectivity index is 1.82. The van der Waals surface area contributed by atoms with Gasteiger partial charge in [0.05, 0.1) is 11.6 Å². The molecule has 6 nitrogen and oxygen atoms in total. The molecular formula is C23H27N3O3. The highest BCUT2D eigenvalue weighted by atomic mass is 16.5. The van der Waals surface area contributed by atoms with Crippen molar-refractivity contribution >= 4 is 17.7 Å². The van der Waals surface area contributed by atoms with E-state index in [0.29, 0.717) is 11.3 Å². The number of hydrogen-bond acceptors (Lipinski definition) is 4. The summed E-state index contributed by atoms with van der Waals surface area (Å²) in [5, 5.41) is 5.52. The van der Waals surface area contributed by atoms with Crippen LogP contribution in [0.2, 0.25) is 0 Å². The van der Waals surface area contributed by atoms with Crippen LogP contribution in [0, 0.1) is 0 Å². The van der Waals surface area contributed by atoms with E-state index < -0.39 is 12.0 Å². The zero-order valence-corrected chi connectivity index (χ0v) is 17.1. The molecule has 3 rings (SSSR count). The number of ether oxygens (including phenoxy) is 1. The van der Waals surface area contributed by atoms with Gasteiger partial charge in [-0.25, -0.2) is 9.59 Å². The van der Waals surface area contributed by atoms with Crippen LogP contribution in [0.25, 0.3) is 0 Å². The van der Waals surface area contributed by atoms with Gasteiger partial charge < -0.3 is 20.3 Å². The van der Waals surface area contributed by atoms with Crippen LogP contribution >= 0.6 is 0 Å². The summed E-state index contributed by atoms with van der Waals surface area (Å²) in [5.74, 6) is -0.448. The van der Waals surface area contributed by atoms with Gasteiger partial charge in [-0.05, 0) is 44.0 Å². The molecule has 1 atom stereocenters. The first-order chi connectivity index (χ1) is 14.0. The van der Waals surface area contributed by atoms with Gasteiger partial charge >= 0.3 is 12.0 Å². The van der Waals surface area contributed by atoms with E-state index in [1.807, 2.05) is 54.6 Å². The standard InChI is InChI=1S/C23H27N3O3/c1-4-26(5-2)19-13-11-18(12-14-19)21-20(16(3)24-23(28)25-21)22(27)29-15-17-9-7-6-8-10-17/h6-14,21H,4-5,15H2,1-3H3,(H2,24,25,28)/t21-/m1/s1. The molecule has 0 radical (unpaired) electrons. The summed E-state index contributed by atoms with van der Waals surface area (Å²) in [4.78, 5) is 27.2. The lowest BCUT2D eigenvalue weighted by molar-refractivity contribution is -0.140. The molecule has 0 aromatic heterocycles. The highest BCUT2D eigenvalue weighted by Crippen LogP contribution is 2.29. The Morgan fingerprint density at radius 3 is 2.31 bits per heavy atom. The Morgan fingerprint density at radius 1 is 1.03 bits per heavy atom. The molecule has 1 aliphatic heterocycles. The van der Waals surface area contributed by atoms with Gasteiger partial charge in [0.25, 0.3) is 0 Å². The van der Waals surface area contributed by atoms with E-state index in [-0.39, 0.29) is 12.6 Å². The number of carbonyl (C=O) groups excluding carboxylic acids is 2. The van der Waals surface area contributed by atoms with E-state index in [9.17, 15) is 9.59 Å². The van der Waals surface area contributed by atoms with Crippen LogP contribution in [0.4, 0.5) is 10.5 Å². The number of anilines is 1. The van der Waals surface area contributed by atoms with Crippen molar-refractivity contribution in [1.82, 2.24) is 10.6 Å². The van der Waals surface area contributed by atoms with E-state index in [1.54, 1.807) is 6.92 Å². The maximum Gasteiger partial charge on any atom is 0.338 e. The van der Waals surface area contributed by atoms with Crippen LogP contribution in [-0.4, -0.2) is 25.1 Å². The van der Waals surface area contributed by atoms with Crippen molar-refractivity contribution < 1.29 is 14.3 Å². The topological polar surface area (TPSA) is 70.7 Å². The number of hydrogen-bond donors (Lipinski definition) is 2. The van der Waals surface area contributed by atoms with Gasteiger partial charge in [-0.3, -0.25) is 0 Å². The Kier molecular flexibility index (Phi) is 6.54. The number of urea groups is 1. The zero-order chi connectivity index (χ0) is 20.8. The van der Waals surface area contributed by atoms with Crippen molar-refractivity contribution in [2.75, 3.05) is 18.0 Å². The van der Waals surface area contributed by atoms with Crippen LogP contribution < -0.4 is 15.5 Å². The molecule has 0 aliphatic carbocycles. The van der Waals surface area contributed by atoms with Gasteiger partial charge in [0.15, 0.2) is 0 Å². The first-order valence-electron chi connectivity index (χ1n) is 9.87. The normalized spacial score (nSPS) is 16.1. The van der Waals surface area contributed by atoms with Gasteiger partial charge in [0.2, 0.25) is 0 Å². The number of benzene rings is 2. The lowest BCUT2D eigenvalue weighted by Crippen LogP contribution is -2.45. The highest BCUT2D eigenvalue weighted by molar-refractivity contribution is 5.95. The molecule has 2 amide bonds. The number of esters is 1. The summed E-state index contributed by atoms with van der Waals surface area (Å²) >= 11 is 0. The average Bonchev–Trinajstić information content (AvgIpc) is 2.73. The minimum absolute atomic E-state index is 0.179. The first-order valence-corrected chi connectivity index (χ1v) is 9.87. The summed E-state index contributed by atoms with van der Waals surface area (Å²) in [6.45, 7) is 7.94. The molecule has 1 aliphatic rings. The van der Waals surface area contributed by atoms with Gasteiger partial charge in [-0.2, -0.15) is 0 Å². The fourth-order valence-electron chi connectivity index (χ4n) is 3.48. The van der Waals surface area contributed by atoms with Crippen LogP contribution in [0.3, 0.4) is 0 Å². The molecule has 0 unspecified atom stereocenters. The lowest BCUT2D eigenvalue weighted by atomic mass is 9.95. The van der Waals surface area contributed by atoms with Crippen molar-refractivity contribution in [1.29, 1.82) is 0 Å². The third-order valence-corrected chi connectivity index (χ3v) is 5.06. The van der Waals surface area contributed by atoms with E-state index in [1.165, 1.54) is 0 Å². The van der Waals surface area contributed by atoms with E-state index in [4.69, 9.17) is 4.74 Å². The second-order valence-corrected chi connectivity index (χ2v) is 6.90. The molecule has 152 valence electrons. The number of nitrogens with one attached hydrogen (secondary N) is 2. The minimum Gasteiger partial charge on any atom is -0.457 e. The second-order valence-electron chi connectivity index (χ2n) is 6.90. The molecule has 0 fully saturated rings. The summed E-state index contributed by atoms with van der Waals surface area (Å²) in [7, 11) is 0. The van der Waals surface area contributed by atoms with Crippen molar-refractivity contribution in [2.24, 2.45) is 0 Å². The van der Waals surface area contributed by atoms with Crippen molar-refractivity contribution in [2.45, 2.75) is 33.4 Å². The van der Waals surface area contributed by atoms with Crippen molar-refractivity contribution in [3.05, 3.63) is 77.0 Å². The fraction of sp³-hybridized carbons (Fsp3) is 0.304. The predicted molar refractivity (Wildman–Crippen MR) is 113 cm³/mol. The number of rotatable bonds is 7. The van der Waals surface area contributed by atoms with Crippen LogP contribution in [-0.2, 0) is 16.1 Å². The molecule has 0 saturated carbocycles. The Bertz CT molecular complexity index is 887. The minimum atomic E-state index is -0.558. The Labute approximate surface area is 171 Å². The van der Waals surface area contributed by atoms with Gasteiger partial charge in [-0.1, -0.05) is 42.5 Å². The monoisotopic (exact) mass is 393 g/mol. The number of carbonyl (C=O) groups is 2.